The fraction of sp³-hybridized carbons (Fsp3) is 1.00. The number of rotatable bonds is 5. The number of nitrogens with zero attached hydrogens (tertiary/aromatic N) is 2. The highest BCUT2D eigenvalue weighted by Gasteiger charge is 2.28. The molecule has 0 amide bonds. The van der Waals surface area contributed by atoms with Gasteiger partial charge < -0.3 is 10.2 Å². The number of β-amino-alcohol motifs (C(OH)–C–C–N with tert-alkyl or cyclic N) is 2. The molecule has 0 bridgehead atoms. The second-order valence-electron chi connectivity index (χ2n) is 5.95. The van der Waals surface area contributed by atoms with Gasteiger partial charge in [0.25, 0.3) is 0 Å². The van der Waals surface area contributed by atoms with Crippen LogP contribution in [-0.4, -0.2) is 70.5 Å². The van der Waals surface area contributed by atoms with E-state index in [1.165, 1.54) is 0 Å². The lowest BCUT2D eigenvalue weighted by Gasteiger charge is -2.43. The zero-order valence-electron chi connectivity index (χ0n) is 11.7. The van der Waals surface area contributed by atoms with Crippen molar-refractivity contribution < 1.29 is 10.2 Å². The average Bonchev–Trinajstić information content (AvgIpc) is 2.17. The molecule has 1 saturated heterocycles. The van der Waals surface area contributed by atoms with Crippen molar-refractivity contribution in [2.24, 2.45) is 0 Å². The SMILES string of the molecule is CC[C@H]1CN(CC(C)(C)O)CCN1C[C@@H](C)O. The van der Waals surface area contributed by atoms with Gasteiger partial charge in [-0.1, -0.05) is 6.92 Å². The van der Waals surface area contributed by atoms with Crippen LogP contribution in [0, 0.1) is 0 Å². The summed E-state index contributed by atoms with van der Waals surface area (Å²) >= 11 is 0. The van der Waals surface area contributed by atoms with Gasteiger partial charge in [0, 0.05) is 38.8 Å². The minimum atomic E-state index is -0.620. The molecule has 1 rings (SSSR count). The second kappa shape index (κ2) is 6.14. The Hall–Kier alpha value is -0.160. The molecule has 0 aromatic heterocycles. The first kappa shape index (κ1) is 14.9. The van der Waals surface area contributed by atoms with Crippen molar-refractivity contribution in [2.45, 2.75) is 51.9 Å². The third-order valence-corrected chi connectivity index (χ3v) is 3.27. The Balaban J connectivity index is 2.48. The highest BCUT2D eigenvalue weighted by molar-refractivity contribution is 4.84. The molecule has 4 nitrogen and oxygen atoms in total. The normalized spacial score (nSPS) is 26.1. The van der Waals surface area contributed by atoms with Gasteiger partial charge in [-0.15, -0.1) is 0 Å². The van der Waals surface area contributed by atoms with Crippen molar-refractivity contribution in [3.8, 4) is 0 Å². The van der Waals surface area contributed by atoms with E-state index in [-0.39, 0.29) is 6.10 Å². The Kier molecular flexibility index (Phi) is 5.38. The number of aliphatic hydroxyl groups excluding tert-OH is 1. The second-order valence-corrected chi connectivity index (χ2v) is 5.95. The third kappa shape index (κ3) is 5.34. The molecule has 0 aliphatic carbocycles. The molecule has 0 aromatic rings. The van der Waals surface area contributed by atoms with Crippen molar-refractivity contribution in [3.05, 3.63) is 0 Å². The lowest BCUT2D eigenvalue weighted by molar-refractivity contribution is -0.00992. The van der Waals surface area contributed by atoms with Gasteiger partial charge in [0.05, 0.1) is 11.7 Å². The van der Waals surface area contributed by atoms with Crippen LogP contribution in [0.15, 0.2) is 0 Å². The molecule has 1 heterocycles. The van der Waals surface area contributed by atoms with Gasteiger partial charge in [-0.25, -0.2) is 0 Å². The Labute approximate surface area is 105 Å². The lowest BCUT2D eigenvalue weighted by Crippen LogP contribution is -2.56. The molecule has 102 valence electrons. The number of piperazine rings is 1. The van der Waals surface area contributed by atoms with Crippen LogP contribution in [0.2, 0.25) is 0 Å². The van der Waals surface area contributed by atoms with Crippen molar-refractivity contribution >= 4 is 0 Å². The minimum Gasteiger partial charge on any atom is -0.392 e. The van der Waals surface area contributed by atoms with E-state index < -0.39 is 5.60 Å². The van der Waals surface area contributed by atoms with Crippen LogP contribution in [0.25, 0.3) is 0 Å². The van der Waals surface area contributed by atoms with Gasteiger partial charge in [-0.05, 0) is 27.2 Å². The molecule has 17 heavy (non-hydrogen) atoms. The Bertz CT molecular complexity index is 226. The summed E-state index contributed by atoms with van der Waals surface area (Å²) in [5.74, 6) is 0. The highest BCUT2D eigenvalue weighted by atomic mass is 16.3. The fourth-order valence-electron chi connectivity index (χ4n) is 2.62. The molecule has 0 saturated carbocycles. The van der Waals surface area contributed by atoms with Gasteiger partial charge >= 0.3 is 0 Å². The third-order valence-electron chi connectivity index (χ3n) is 3.27. The van der Waals surface area contributed by atoms with Crippen LogP contribution in [0.5, 0.6) is 0 Å². The zero-order valence-corrected chi connectivity index (χ0v) is 11.7. The summed E-state index contributed by atoms with van der Waals surface area (Å²) < 4.78 is 0. The monoisotopic (exact) mass is 244 g/mol. The highest BCUT2D eigenvalue weighted by Crippen LogP contribution is 2.15. The molecule has 0 unspecified atom stereocenters. The molecule has 1 aliphatic heterocycles. The van der Waals surface area contributed by atoms with E-state index in [0.717, 1.165) is 39.1 Å². The van der Waals surface area contributed by atoms with Gasteiger partial charge in [-0.3, -0.25) is 9.80 Å². The molecular weight excluding hydrogens is 216 g/mol. The van der Waals surface area contributed by atoms with Gasteiger partial charge in [0.1, 0.15) is 0 Å². The van der Waals surface area contributed by atoms with E-state index in [9.17, 15) is 10.2 Å². The molecule has 0 radical (unpaired) electrons. The summed E-state index contributed by atoms with van der Waals surface area (Å²) in [4.78, 5) is 4.69. The maximum Gasteiger partial charge on any atom is 0.0718 e. The standard InChI is InChI=1S/C13H28N2O2/c1-5-12-9-14(10-13(3,4)17)6-7-15(12)8-11(2)16/h11-12,16-17H,5-10H2,1-4H3/t11-,12+/m1/s1. The number of hydrogen-bond acceptors (Lipinski definition) is 4. The quantitative estimate of drug-likeness (QED) is 0.741. The Morgan fingerprint density at radius 1 is 1.35 bits per heavy atom. The molecule has 4 heteroatoms. The molecular formula is C13H28N2O2. The predicted molar refractivity (Wildman–Crippen MR) is 70.1 cm³/mol. The molecule has 2 atom stereocenters. The van der Waals surface area contributed by atoms with Crippen LogP contribution in [0.3, 0.4) is 0 Å². The first-order valence-electron chi connectivity index (χ1n) is 6.68. The minimum absolute atomic E-state index is 0.259. The fourth-order valence-corrected chi connectivity index (χ4v) is 2.62. The number of hydrogen-bond donors (Lipinski definition) is 2. The summed E-state index contributed by atoms with van der Waals surface area (Å²) in [6, 6.07) is 0.501. The molecule has 0 aromatic carbocycles. The van der Waals surface area contributed by atoms with E-state index in [4.69, 9.17) is 0 Å². The van der Waals surface area contributed by atoms with Crippen LogP contribution < -0.4 is 0 Å². The van der Waals surface area contributed by atoms with Gasteiger partial charge in [-0.2, -0.15) is 0 Å². The van der Waals surface area contributed by atoms with E-state index in [1.54, 1.807) is 0 Å². The summed E-state index contributed by atoms with van der Waals surface area (Å²) in [6.07, 6.45) is 0.833. The van der Waals surface area contributed by atoms with Crippen molar-refractivity contribution in [1.82, 2.24) is 9.80 Å². The maximum absolute atomic E-state index is 9.84. The molecule has 1 aliphatic rings. The van der Waals surface area contributed by atoms with Crippen LogP contribution >= 0.6 is 0 Å². The maximum atomic E-state index is 9.84. The molecule has 0 spiro atoms. The van der Waals surface area contributed by atoms with Crippen molar-refractivity contribution in [2.75, 3.05) is 32.7 Å². The summed E-state index contributed by atoms with van der Waals surface area (Å²) in [5.41, 5.74) is -0.620. The van der Waals surface area contributed by atoms with Crippen LogP contribution in [0.4, 0.5) is 0 Å². The van der Waals surface area contributed by atoms with Crippen LogP contribution in [0.1, 0.15) is 34.1 Å². The molecule has 1 fully saturated rings. The van der Waals surface area contributed by atoms with Gasteiger partial charge in [0.15, 0.2) is 0 Å². The zero-order chi connectivity index (χ0) is 13.1. The average molecular weight is 244 g/mol. The summed E-state index contributed by atoms with van der Waals surface area (Å²) in [7, 11) is 0. The topological polar surface area (TPSA) is 46.9 Å². The largest absolute Gasteiger partial charge is 0.392 e. The van der Waals surface area contributed by atoms with Crippen LogP contribution in [-0.2, 0) is 0 Å². The predicted octanol–water partition coefficient (Wildman–Crippen LogP) is 0.534. The van der Waals surface area contributed by atoms with E-state index in [2.05, 4.69) is 16.7 Å². The van der Waals surface area contributed by atoms with E-state index in [1.807, 2.05) is 20.8 Å². The molecule has 2 N–H and O–H groups in total. The Morgan fingerprint density at radius 3 is 2.47 bits per heavy atom. The smallest absolute Gasteiger partial charge is 0.0718 e. The first-order valence-corrected chi connectivity index (χ1v) is 6.68. The number of aliphatic hydroxyl groups is 2. The van der Waals surface area contributed by atoms with E-state index >= 15 is 0 Å². The first-order chi connectivity index (χ1) is 7.81. The summed E-state index contributed by atoms with van der Waals surface area (Å²) in [6.45, 7) is 12.2. The van der Waals surface area contributed by atoms with Gasteiger partial charge in [0.2, 0.25) is 0 Å². The van der Waals surface area contributed by atoms with Crippen molar-refractivity contribution in [1.29, 1.82) is 0 Å². The van der Waals surface area contributed by atoms with Crippen molar-refractivity contribution in [3.63, 3.8) is 0 Å². The summed E-state index contributed by atoms with van der Waals surface area (Å²) in [5, 5.41) is 19.3. The van der Waals surface area contributed by atoms with E-state index in [0.29, 0.717) is 6.04 Å². The Morgan fingerprint density at radius 2 is 2.00 bits per heavy atom. The lowest BCUT2D eigenvalue weighted by atomic mass is 10.1.